The Morgan fingerprint density at radius 3 is 2.32 bits per heavy atom. The van der Waals surface area contributed by atoms with Crippen molar-refractivity contribution in [2.45, 2.75) is 23.9 Å². The van der Waals surface area contributed by atoms with E-state index in [1.54, 1.807) is 12.1 Å². The quantitative estimate of drug-likeness (QED) is 0.442. The van der Waals surface area contributed by atoms with Gasteiger partial charge >= 0.3 is 0 Å². The molecule has 1 saturated heterocycles. The number of carbonyl (C=O) groups is 2. The summed E-state index contributed by atoms with van der Waals surface area (Å²) in [5.74, 6) is -0.637. The molecule has 0 saturated carbocycles. The second-order valence-corrected chi connectivity index (χ2v) is 11.4. The first-order valence-corrected chi connectivity index (χ1v) is 13.4. The fourth-order valence-electron chi connectivity index (χ4n) is 3.74. The molecule has 11 heteroatoms. The zero-order chi connectivity index (χ0) is 24.9. The molecule has 2 amide bonds. The van der Waals surface area contributed by atoms with Crippen LogP contribution in [0.4, 0.5) is 5.69 Å². The van der Waals surface area contributed by atoms with E-state index in [0.717, 1.165) is 14.8 Å². The maximum absolute atomic E-state index is 13.4. The van der Waals surface area contributed by atoms with Crippen molar-refractivity contribution in [3.63, 3.8) is 0 Å². The van der Waals surface area contributed by atoms with E-state index in [4.69, 9.17) is 5.73 Å². The van der Waals surface area contributed by atoms with Crippen LogP contribution >= 0.6 is 22.6 Å². The van der Waals surface area contributed by atoms with Crippen molar-refractivity contribution in [1.29, 1.82) is 0 Å². The molecule has 0 aliphatic carbocycles. The number of piperazine rings is 1. The van der Waals surface area contributed by atoms with Gasteiger partial charge in [-0.25, -0.2) is 8.42 Å². The molecular weight excluding hydrogens is 569 g/mol. The highest BCUT2D eigenvalue weighted by atomic mass is 127. The summed E-state index contributed by atoms with van der Waals surface area (Å²) < 4.78 is 28.9. The lowest BCUT2D eigenvalue weighted by molar-refractivity contribution is -0.136. The summed E-state index contributed by atoms with van der Waals surface area (Å²) in [6, 6.07) is 13.2. The number of nitrogens with zero attached hydrogens (tertiary/aromatic N) is 3. The van der Waals surface area contributed by atoms with E-state index in [0.29, 0.717) is 0 Å². The van der Waals surface area contributed by atoms with Gasteiger partial charge in [-0.3, -0.25) is 9.59 Å². The molecule has 9 nitrogen and oxygen atoms in total. The molecular formula is C23H30IN5O4S. The standard InChI is InChI=1S/C23H30IN5O4S/c1-27(2)19-7-3-17(4-8-19)15-26-23(31)21-16-28(22(30)11-12-25)13-14-29(21)34(32,33)20-9-5-18(24)6-10-20/h3-10,21H,11-16,25H2,1-2H3,(H,26,31). The summed E-state index contributed by atoms with van der Waals surface area (Å²) in [6.07, 6.45) is 0.149. The van der Waals surface area contributed by atoms with Crippen LogP contribution in [0, 0.1) is 3.57 Å². The van der Waals surface area contributed by atoms with E-state index < -0.39 is 22.0 Å². The average molecular weight is 599 g/mol. The van der Waals surface area contributed by atoms with E-state index in [9.17, 15) is 18.0 Å². The average Bonchev–Trinajstić information content (AvgIpc) is 2.82. The van der Waals surface area contributed by atoms with E-state index in [2.05, 4.69) is 27.9 Å². The van der Waals surface area contributed by atoms with Crippen LogP contribution in [0.3, 0.4) is 0 Å². The number of nitrogens with one attached hydrogen (secondary N) is 1. The van der Waals surface area contributed by atoms with Crippen LogP contribution in [0.5, 0.6) is 0 Å². The maximum Gasteiger partial charge on any atom is 0.243 e. The molecule has 1 aliphatic heterocycles. The maximum atomic E-state index is 13.4. The largest absolute Gasteiger partial charge is 0.378 e. The van der Waals surface area contributed by atoms with Gasteiger partial charge in [-0.15, -0.1) is 0 Å². The Kier molecular flexibility index (Phi) is 8.90. The highest BCUT2D eigenvalue weighted by molar-refractivity contribution is 14.1. The van der Waals surface area contributed by atoms with Crippen molar-refractivity contribution in [3.05, 3.63) is 57.7 Å². The summed E-state index contributed by atoms with van der Waals surface area (Å²) in [7, 11) is -0.0422. The third-order valence-corrected chi connectivity index (χ3v) is 8.33. The van der Waals surface area contributed by atoms with Gasteiger partial charge in [-0.05, 0) is 64.6 Å². The Balaban J connectivity index is 1.81. The smallest absolute Gasteiger partial charge is 0.243 e. The molecule has 1 fully saturated rings. The third kappa shape index (κ3) is 6.26. The third-order valence-electron chi connectivity index (χ3n) is 5.68. The molecule has 0 spiro atoms. The monoisotopic (exact) mass is 599 g/mol. The van der Waals surface area contributed by atoms with E-state index >= 15 is 0 Å². The lowest BCUT2D eigenvalue weighted by Crippen LogP contribution is -2.61. The van der Waals surface area contributed by atoms with Gasteiger partial charge in [0, 0.05) is 62.5 Å². The van der Waals surface area contributed by atoms with E-state index in [1.165, 1.54) is 21.3 Å². The normalized spacial score (nSPS) is 16.8. The zero-order valence-electron chi connectivity index (χ0n) is 19.3. The number of sulfonamides is 1. The van der Waals surface area contributed by atoms with Crippen LogP contribution < -0.4 is 16.0 Å². The first-order chi connectivity index (χ1) is 16.1. The molecule has 0 bridgehead atoms. The molecule has 2 aromatic rings. The zero-order valence-corrected chi connectivity index (χ0v) is 22.3. The summed E-state index contributed by atoms with van der Waals surface area (Å²) in [5, 5.41) is 2.85. The number of halogens is 1. The van der Waals surface area contributed by atoms with Gasteiger partial charge in [0.1, 0.15) is 6.04 Å². The van der Waals surface area contributed by atoms with Crippen molar-refractivity contribution < 1.29 is 18.0 Å². The molecule has 3 rings (SSSR count). The van der Waals surface area contributed by atoms with Gasteiger partial charge in [-0.1, -0.05) is 12.1 Å². The summed E-state index contributed by atoms with van der Waals surface area (Å²) in [4.78, 5) is 29.3. The topological polar surface area (TPSA) is 116 Å². The van der Waals surface area contributed by atoms with Crippen molar-refractivity contribution >= 4 is 50.1 Å². The molecule has 3 N–H and O–H groups in total. The Morgan fingerprint density at radius 1 is 1.09 bits per heavy atom. The number of hydrogen-bond acceptors (Lipinski definition) is 6. The van der Waals surface area contributed by atoms with Gasteiger partial charge in [0.25, 0.3) is 0 Å². The minimum Gasteiger partial charge on any atom is -0.378 e. The number of carbonyl (C=O) groups excluding carboxylic acids is 2. The van der Waals surface area contributed by atoms with Gasteiger partial charge in [0.05, 0.1) is 4.90 Å². The summed E-state index contributed by atoms with van der Waals surface area (Å²) in [6.45, 7) is 0.656. The van der Waals surface area contributed by atoms with Crippen LogP contribution in [-0.4, -0.2) is 75.8 Å². The molecule has 1 aliphatic rings. The Morgan fingerprint density at radius 2 is 1.74 bits per heavy atom. The first-order valence-electron chi connectivity index (χ1n) is 10.9. The van der Waals surface area contributed by atoms with E-state index in [-0.39, 0.29) is 49.9 Å². The number of rotatable bonds is 8. The number of nitrogens with two attached hydrogens (primary N) is 1. The van der Waals surface area contributed by atoms with Crippen LogP contribution in [0.25, 0.3) is 0 Å². The Labute approximate surface area is 214 Å². The predicted molar refractivity (Wildman–Crippen MR) is 140 cm³/mol. The number of anilines is 1. The fourth-order valence-corrected chi connectivity index (χ4v) is 5.67. The lowest BCUT2D eigenvalue weighted by atomic mass is 10.1. The van der Waals surface area contributed by atoms with Crippen LogP contribution in [0.2, 0.25) is 0 Å². The minimum atomic E-state index is -3.93. The van der Waals surface area contributed by atoms with Crippen LogP contribution in [0.1, 0.15) is 12.0 Å². The first kappa shape index (κ1) is 26.4. The molecule has 2 aromatic carbocycles. The van der Waals surface area contributed by atoms with Gasteiger partial charge in [0.2, 0.25) is 21.8 Å². The Bertz CT molecular complexity index is 1110. The number of hydrogen-bond donors (Lipinski definition) is 2. The molecule has 1 atom stereocenters. The van der Waals surface area contributed by atoms with Crippen LogP contribution in [-0.2, 0) is 26.2 Å². The molecule has 0 radical (unpaired) electrons. The SMILES string of the molecule is CN(C)c1ccc(CNC(=O)C2CN(C(=O)CCN)CCN2S(=O)(=O)c2ccc(I)cc2)cc1. The molecule has 1 unspecified atom stereocenters. The second kappa shape index (κ2) is 11.5. The second-order valence-electron chi connectivity index (χ2n) is 8.24. The highest BCUT2D eigenvalue weighted by Gasteiger charge is 2.41. The fraction of sp³-hybridized carbons (Fsp3) is 0.391. The molecule has 0 aromatic heterocycles. The summed E-state index contributed by atoms with van der Waals surface area (Å²) >= 11 is 2.10. The van der Waals surface area contributed by atoms with Gasteiger partial charge in [0.15, 0.2) is 0 Å². The van der Waals surface area contributed by atoms with Crippen molar-refractivity contribution in [2.75, 3.05) is 45.2 Å². The van der Waals surface area contributed by atoms with Crippen molar-refractivity contribution in [3.8, 4) is 0 Å². The number of amides is 2. The van der Waals surface area contributed by atoms with Crippen LogP contribution in [0.15, 0.2) is 53.4 Å². The minimum absolute atomic E-state index is 0.0200. The summed E-state index contributed by atoms with van der Waals surface area (Å²) in [5.41, 5.74) is 7.44. The van der Waals surface area contributed by atoms with Gasteiger partial charge in [-0.2, -0.15) is 4.31 Å². The Hall–Kier alpha value is -2.22. The van der Waals surface area contributed by atoms with Crippen molar-refractivity contribution in [1.82, 2.24) is 14.5 Å². The van der Waals surface area contributed by atoms with E-state index in [1.807, 2.05) is 43.3 Å². The molecule has 1 heterocycles. The molecule has 34 heavy (non-hydrogen) atoms. The number of benzene rings is 2. The van der Waals surface area contributed by atoms with Crippen molar-refractivity contribution in [2.24, 2.45) is 5.73 Å². The predicted octanol–water partition coefficient (Wildman–Crippen LogP) is 1.22. The lowest BCUT2D eigenvalue weighted by Gasteiger charge is -2.39. The molecule has 184 valence electrons. The highest BCUT2D eigenvalue weighted by Crippen LogP contribution is 2.23. The van der Waals surface area contributed by atoms with Gasteiger partial charge < -0.3 is 20.9 Å².